The first-order valence-electron chi connectivity index (χ1n) is 6.30. The molecule has 0 saturated carbocycles. The average Bonchev–Trinajstić information content (AvgIpc) is 2.26. The summed E-state index contributed by atoms with van der Waals surface area (Å²) in [5, 5.41) is 12.2. The van der Waals surface area contributed by atoms with Gasteiger partial charge in [-0.25, -0.2) is 0 Å². The van der Waals surface area contributed by atoms with Gasteiger partial charge in [0.1, 0.15) is 0 Å². The highest BCUT2D eigenvalue weighted by atomic mass is 16.4. The number of carbonyl (C=O) groups is 1. The number of nitrogens with one attached hydrogen (secondary N) is 1. The van der Waals surface area contributed by atoms with Crippen LogP contribution in [-0.4, -0.2) is 48.2 Å². The van der Waals surface area contributed by atoms with Crippen LogP contribution < -0.4 is 5.32 Å². The van der Waals surface area contributed by atoms with E-state index in [-0.39, 0.29) is 12.5 Å². The molecule has 1 saturated heterocycles. The maximum absolute atomic E-state index is 10.7. The fraction of sp³-hybridized carbons (Fsp3) is 0.917. The van der Waals surface area contributed by atoms with Gasteiger partial charge in [-0.1, -0.05) is 6.92 Å². The van der Waals surface area contributed by atoms with E-state index in [1.54, 1.807) is 0 Å². The summed E-state index contributed by atoms with van der Waals surface area (Å²) in [6, 6.07) is 0.143. The first-order chi connectivity index (χ1) is 7.63. The minimum atomic E-state index is -0.701. The second-order valence-electron chi connectivity index (χ2n) is 4.75. The number of hydrogen-bond donors (Lipinski definition) is 2. The topological polar surface area (TPSA) is 52.6 Å². The molecule has 0 aromatic carbocycles. The monoisotopic (exact) mass is 228 g/mol. The Kier molecular flexibility index (Phi) is 5.77. The molecular formula is C12H24N2O2. The molecule has 0 spiro atoms. The maximum Gasteiger partial charge on any atom is 0.304 e. The van der Waals surface area contributed by atoms with Crippen LogP contribution in [0.2, 0.25) is 0 Å². The molecule has 1 fully saturated rings. The predicted octanol–water partition coefficient (Wildman–Crippen LogP) is 1.17. The quantitative estimate of drug-likeness (QED) is 0.716. The van der Waals surface area contributed by atoms with E-state index in [9.17, 15) is 4.79 Å². The van der Waals surface area contributed by atoms with Crippen LogP contribution in [0.1, 0.15) is 33.1 Å². The SMILES string of the molecule is CCN(CC1CCCNC1)C(C)CC(=O)O. The van der Waals surface area contributed by atoms with Crippen LogP contribution in [0.5, 0.6) is 0 Å². The van der Waals surface area contributed by atoms with Crippen LogP contribution in [0, 0.1) is 5.92 Å². The van der Waals surface area contributed by atoms with Crippen molar-refractivity contribution in [3.8, 4) is 0 Å². The van der Waals surface area contributed by atoms with Crippen LogP contribution in [0.4, 0.5) is 0 Å². The van der Waals surface area contributed by atoms with Gasteiger partial charge in [0.05, 0.1) is 6.42 Å². The smallest absolute Gasteiger partial charge is 0.304 e. The molecular weight excluding hydrogens is 204 g/mol. The number of aliphatic carboxylic acids is 1. The molecule has 4 nitrogen and oxygen atoms in total. The Labute approximate surface area is 98.0 Å². The van der Waals surface area contributed by atoms with E-state index < -0.39 is 5.97 Å². The van der Waals surface area contributed by atoms with Gasteiger partial charge in [-0.05, 0) is 45.3 Å². The van der Waals surface area contributed by atoms with Gasteiger partial charge in [0.25, 0.3) is 0 Å². The zero-order valence-electron chi connectivity index (χ0n) is 10.4. The summed E-state index contributed by atoms with van der Waals surface area (Å²) < 4.78 is 0. The van der Waals surface area contributed by atoms with E-state index in [1.807, 2.05) is 6.92 Å². The minimum Gasteiger partial charge on any atom is -0.481 e. The van der Waals surface area contributed by atoms with Crippen molar-refractivity contribution in [3.05, 3.63) is 0 Å². The summed E-state index contributed by atoms with van der Waals surface area (Å²) in [7, 11) is 0. The lowest BCUT2D eigenvalue weighted by molar-refractivity contribution is -0.138. The van der Waals surface area contributed by atoms with Crippen molar-refractivity contribution in [2.24, 2.45) is 5.92 Å². The number of carboxylic acids is 1. The Balaban J connectivity index is 2.37. The largest absolute Gasteiger partial charge is 0.481 e. The molecule has 2 atom stereocenters. The van der Waals surface area contributed by atoms with Gasteiger partial charge in [0, 0.05) is 12.6 Å². The molecule has 0 aromatic heterocycles. The lowest BCUT2D eigenvalue weighted by Gasteiger charge is -2.32. The minimum absolute atomic E-state index is 0.143. The highest BCUT2D eigenvalue weighted by molar-refractivity contribution is 5.67. The molecule has 1 aliphatic rings. The van der Waals surface area contributed by atoms with Crippen LogP contribution in [0.15, 0.2) is 0 Å². The highest BCUT2D eigenvalue weighted by Crippen LogP contribution is 2.14. The normalized spacial score (nSPS) is 23.3. The molecule has 2 unspecified atom stereocenters. The van der Waals surface area contributed by atoms with Crippen molar-refractivity contribution in [1.82, 2.24) is 10.2 Å². The molecule has 2 N–H and O–H groups in total. The van der Waals surface area contributed by atoms with Gasteiger partial charge in [-0.3, -0.25) is 4.79 Å². The molecule has 4 heteroatoms. The van der Waals surface area contributed by atoms with Crippen LogP contribution >= 0.6 is 0 Å². The second-order valence-corrected chi connectivity index (χ2v) is 4.75. The third-order valence-electron chi connectivity index (χ3n) is 3.39. The standard InChI is InChI=1S/C12H24N2O2/c1-3-14(10(2)7-12(15)16)9-11-5-4-6-13-8-11/h10-11,13H,3-9H2,1-2H3,(H,15,16). The van der Waals surface area contributed by atoms with Crippen LogP contribution in [0.3, 0.4) is 0 Å². The van der Waals surface area contributed by atoms with E-state index in [4.69, 9.17) is 5.11 Å². The van der Waals surface area contributed by atoms with Gasteiger partial charge in [0.2, 0.25) is 0 Å². The van der Waals surface area contributed by atoms with Crippen molar-refractivity contribution in [2.75, 3.05) is 26.2 Å². The summed E-state index contributed by atoms with van der Waals surface area (Å²) in [6.45, 7) is 8.29. The lowest BCUT2D eigenvalue weighted by atomic mass is 9.98. The van der Waals surface area contributed by atoms with Gasteiger partial charge in [0.15, 0.2) is 0 Å². The molecule has 0 aliphatic carbocycles. The Morgan fingerprint density at radius 1 is 1.62 bits per heavy atom. The van der Waals surface area contributed by atoms with Crippen molar-refractivity contribution in [1.29, 1.82) is 0 Å². The van der Waals surface area contributed by atoms with E-state index >= 15 is 0 Å². The summed E-state index contributed by atoms with van der Waals surface area (Å²) in [5.74, 6) is -0.0161. The van der Waals surface area contributed by atoms with Gasteiger partial charge < -0.3 is 15.3 Å². The number of nitrogens with zero attached hydrogens (tertiary/aromatic N) is 1. The summed E-state index contributed by atoms with van der Waals surface area (Å²) in [6.07, 6.45) is 2.76. The molecule has 1 aliphatic heterocycles. The zero-order chi connectivity index (χ0) is 12.0. The van der Waals surface area contributed by atoms with E-state index in [1.165, 1.54) is 12.8 Å². The number of carboxylic acid groups (broad SMARTS) is 1. The van der Waals surface area contributed by atoms with Crippen molar-refractivity contribution >= 4 is 5.97 Å². The van der Waals surface area contributed by atoms with E-state index in [0.717, 1.165) is 26.2 Å². The third-order valence-corrected chi connectivity index (χ3v) is 3.39. The Morgan fingerprint density at radius 3 is 2.88 bits per heavy atom. The maximum atomic E-state index is 10.7. The van der Waals surface area contributed by atoms with E-state index in [2.05, 4.69) is 17.1 Å². The molecule has 94 valence electrons. The molecule has 0 aromatic rings. The molecule has 0 radical (unpaired) electrons. The van der Waals surface area contributed by atoms with Gasteiger partial charge >= 0.3 is 5.97 Å². The molecule has 0 amide bonds. The van der Waals surface area contributed by atoms with Crippen molar-refractivity contribution in [2.45, 2.75) is 39.2 Å². The van der Waals surface area contributed by atoms with E-state index in [0.29, 0.717) is 5.92 Å². The lowest BCUT2D eigenvalue weighted by Crippen LogP contribution is -2.42. The molecule has 0 bridgehead atoms. The number of rotatable bonds is 6. The van der Waals surface area contributed by atoms with Crippen molar-refractivity contribution < 1.29 is 9.90 Å². The Morgan fingerprint density at radius 2 is 2.38 bits per heavy atom. The first-order valence-corrected chi connectivity index (χ1v) is 6.30. The molecule has 1 rings (SSSR count). The Hall–Kier alpha value is -0.610. The predicted molar refractivity (Wildman–Crippen MR) is 64.6 cm³/mol. The Bertz CT molecular complexity index is 215. The van der Waals surface area contributed by atoms with Gasteiger partial charge in [-0.2, -0.15) is 0 Å². The molecule has 16 heavy (non-hydrogen) atoms. The highest BCUT2D eigenvalue weighted by Gasteiger charge is 2.20. The summed E-state index contributed by atoms with van der Waals surface area (Å²) in [5.41, 5.74) is 0. The van der Waals surface area contributed by atoms with Crippen molar-refractivity contribution in [3.63, 3.8) is 0 Å². The summed E-state index contributed by atoms with van der Waals surface area (Å²) in [4.78, 5) is 13.0. The summed E-state index contributed by atoms with van der Waals surface area (Å²) >= 11 is 0. The fourth-order valence-electron chi connectivity index (χ4n) is 2.41. The fourth-order valence-corrected chi connectivity index (χ4v) is 2.41. The molecule has 1 heterocycles. The first kappa shape index (κ1) is 13.5. The number of piperidine rings is 1. The third kappa shape index (κ3) is 4.49. The average molecular weight is 228 g/mol. The van der Waals surface area contributed by atoms with Crippen LogP contribution in [-0.2, 0) is 4.79 Å². The number of hydrogen-bond acceptors (Lipinski definition) is 3. The second kappa shape index (κ2) is 6.86. The van der Waals surface area contributed by atoms with Gasteiger partial charge in [-0.15, -0.1) is 0 Å². The zero-order valence-corrected chi connectivity index (χ0v) is 10.4. The van der Waals surface area contributed by atoms with Crippen LogP contribution in [0.25, 0.3) is 0 Å².